The number of ether oxygens (including phenoxy) is 4. The minimum atomic E-state index is -0.0845. The van der Waals surface area contributed by atoms with Crippen molar-refractivity contribution in [2.45, 2.75) is 45.7 Å². The van der Waals surface area contributed by atoms with E-state index >= 15 is 0 Å². The van der Waals surface area contributed by atoms with E-state index in [0.29, 0.717) is 61.7 Å². The van der Waals surface area contributed by atoms with Crippen molar-refractivity contribution in [3.05, 3.63) is 58.1 Å². The molecule has 0 amide bonds. The number of benzene rings is 2. The lowest BCUT2D eigenvalue weighted by molar-refractivity contribution is 0.0324. The van der Waals surface area contributed by atoms with Gasteiger partial charge in [0, 0.05) is 25.7 Å². The number of nitrogens with zero attached hydrogens (tertiary/aromatic N) is 3. The molecule has 1 aromatic heterocycles. The molecule has 8 nitrogen and oxygen atoms in total. The summed E-state index contributed by atoms with van der Waals surface area (Å²) in [5, 5.41) is 0.511. The number of methoxy groups -OCH3 is 2. The molecule has 4 rings (SSSR count). The zero-order valence-electron chi connectivity index (χ0n) is 22.0. The molecule has 1 aliphatic rings. The summed E-state index contributed by atoms with van der Waals surface area (Å²) in [4.78, 5) is 20.8. The van der Waals surface area contributed by atoms with Gasteiger partial charge < -0.3 is 18.9 Å². The monoisotopic (exact) mass is 495 g/mol. The average Bonchev–Trinajstić information content (AvgIpc) is 2.87. The topological polar surface area (TPSA) is 75.0 Å². The van der Waals surface area contributed by atoms with E-state index in [2.05, 4.69) is 37.8 Å². The zero-order chi connectivity index (χ0) is 25.7. The van der Waals surface area contributed by atoms with Crippen molar-refractivity contribution in [1.82, 2.24) is 14.5 Å². The van der Waals surface area contributed by atoms with Gasteiger partial charge in [0.15, 0.2) is 11.5 Å². The Hall–Kier alpha value is -3.10. The van der Waals surface area contributed by atoms with Crippen LogP contribution in [0.2, 0.25) is 0 Å². The van der Waals surface area contributed by atoms with Gasteiger partial charge >= 0.3 is 0 Å². The third-order valence-corrected chi connectivity index (χ3v) is 6.52. The Morgan fingerprint density at radius 3 is 2.31 bits per heavy atom. The lowest BCUT2D eigenvalue weighted by Gasteiger charge is -2.27. The average molecular weight is 496 g/mol. The SMILES string of the molecule is COc1cc2nc(CN3CCOCC3)n(CCCOc3ccc(C(C)(C)C)cc3)c(=O)c2cc1OC. The predicted molar refractivity (Wildman–Crippen MR) is 140 cm³/mol. The van der Waals surface area contributed by atoms with Crippen molar-refractivity contribution in [1.29, 1.82) is 0 Å². The number of hydrogen-bond donors (Lipinski definition) is 0. The van der Waals surface area contributed by atoms with Gasteiger partial charge in [0.05, 0.1) is 51.5 Å². The van der Waals surface area contributed by atoms with E-state index in [1.54, 1.807) is 30.9 Å². The fourth-order valence-corrected chi connectivity index (χ4v) is 4.37. The first-order valence-electron chi connectivity index (χ1n) is 12.5. The molecule has 0 N–H and O–H groups in total. The van der Waals surface area contributed by atoms with Gasteiger partial charge in [-0.3, -0.25) is 14.3 Å². The summed E-state index contributed by atoms with van der Waals surface area (Å²) in [7, 11) is 3.14. The third-order valence-electron chi connectivity index (χ3n) is 6.52. The van der Waals surface area contributed by atoms with Gasteiger partial charge in [-0.25, -0.2) is 4.98 Å². The molecule has 1 fully saturated rings. The molecule has 2 aromatic carbocycles. The summed E-state index contributed by atoms with van der Waals surface area (Å²) in [6.07, 6.45) is 0.678. The summed E-state index contributed by atoms with van der Waals surface area (Å²) in [6, 6.07) is 11.7. The van der Waals surface area contributed by atoms with E-state index in [4.69, 9.17) is 23.9 Å². The summed E-state index contributed by atoms with van der Waals surface area (Å²) in [6.45, 7) is 11.2. The molecule has 0 unspecified atom stereocenters. The number of rotatable bonds is 9. The van der Waals surface area contributed by atoms with Crippen molar-refractivity contribution >= 4 is 10.9 Å². The molecular weight excluding hydrogens is 458 g/mol. The molecule has 0 spiro atoms. The number of aromatic nitrogens is 2. The van der Waals surface area contributed by atoms with Crippen LogP contribution in [0.25, 0.3) is 10.9 Å². The Morgan fingerprint density at radius 1 is 1.00 bits per heavy atom. The quantitative estimate of drug-likeness (QED) is 0.415. The van der Waals surface area contributed by atoms with Crippen molar-refractivity contribution in [3.8, 4) is 17.2 Å². The summed E-state index contributed by atoms with van der Waals surface area (Å²) < 4.78 is 24.1. The number of morpholine rings is 1. The maximum absolute atomic E-state index is 13.6. The minimum absolute atomic E-state index is 0.0845. The fourth-order valence-electron chi connectivity index (χ4n) is 4.37. The molecule has 2 heterocycles. The van der Waals surface area contributed by atoms with Gasteiger partial charge in [-0.05, 0) is 35.6 Å². The molecule has 0 aliphatic carbocycles. The van der Waals surface area contributed by atoms with E-state index in [9.17, 15) is 4.79 Å². The fraction of sp³-hybridized carbons (Fsp3) is 0.500. The molecule has 0 radical (unpaired) electrons. The summed E-state index contributed by atoms with van der Waals surface area (Å²) in [5.41, 5.74) is 1.89. The van der Waals surface area contributed by atoms with Crippen LogP contribution >= 0.6 is 0 Å². The first-order valence-corrected chi connectivity index (χ1v) is 12.5. The Balaban J connectivity index is 1.55. The molecule has 36 heavy (non-hydrogen) atoms. The van der Waals surface area contributed by atoms with Crippen LogP contribution in [0.3, 0.4) is 0 Å². The Bertz CT molecular complexity index is 1230. The van der Waals surface area contributed by atoms with Gasteiger partial charge in [-0.2, -0.15) is 0 Å². The molecule has 8 heteroatoms. The smallest absolute Gasteiger partial charge is 0.261 e. The Kier molecular flexibility index (Phi) is 8.16. The van der Waals surface area contributed by atoms with Crippen molar-refractivity contribution in [2.75, 3.05) is 47.1 Å². The standard InChI is InChI=1S/C28H37N3O5/c1-28(2,3)20-7-9-21(10-8-20)36-14-6-11-31-26(19-30-12-15-35-16-13-30)29-23-18-25(34-5)24(33-4)17-22(23)27(31)32/h7-10,17-18H,6,11-16,19H2,1-5H3. The first-order chi connectivity index (χ1) is 17.3. The lowest BCUT2D eigenvalue weighted by atomic mass is 9.87. The molecule has 0 atom stereocenters. The third kappa shape index (κ3) is 5.99. The second-order valence-electron chi connectivity index (χ2n) is 10.1. The van der Waals surface area contributed by atoms with Gasteiger partial charge in [0.25, 0.3) is 5.56 Å². The molecule has 1 aliphatic heterocycles. The predicted octanol–water partition coefficient (Wildman–Crippen LogP) is 4.01. The minimum Gasteiger partial charge on any atom is -0.494 e. The molecule has 1 saturated heterocycles. The second kappa shape index (κ2) is 11.3. The molecule has 194 valence electrons. The van der Waals surface area contributed by atoms with E-state index < -0.39 is 0 Å². The van der Waals surface area contributed by atoms with Crippen LogP contribution in [-0.2, 0) is 23.2 Å². The van der Waals surface area contributed by atoms with Crippen LogP contribution in [0.4, 0.5) is 0 Å². The number of fused-ring (bicyclic) bond motifs is 1. The molecule has 3 aromatic rings. The van der Waals surface area contributed by atoms with Crippen LogP contribution in [0.5, 0.6) is 17.2 Å². The van der Waals surface area contributed by atoms with Gasteiger partial charge in [-0.15, -0.1) is 0 Å². The highest BCUT2D eigenvalue weighted by atomic mass is 16.5. The van der Waals surface area contributed by atoms with Crippen molar-refractivity contribution in [2.24, 2.45) is 0 Å². The zero-order valence-corrected chi connectivity index (χ0v) is 22.0. The maximum atomic E-state index is 13.6. The largest absolute Gasteiger partial charge is 0.494 e. The summed E-state index contributed by atoms with van der Waals surface area (Å²) >= 11 is 0. The molecular formula is C28H37N3O5. The Labute approximate surface area is 212 Å². The van der Waals surface area contributed by atoms with Crippen LogP contribution in [0.1, 0.15) is 38.6 Å². The summed E-state index contributed by atoms with van der Waals surface area (Å²) in [5.74, 6) is 2.63. The molecule has 0 bridgehead atoms. The van der Waals surface area contributed by atoms with Gasteiger partial charge in [0.1, 0.15) is 11.6 Å². The maximum Gasteiger partial charge on any atom is 0.261 e. The second-order valence-corrected chi connectivity index (χ2v) is 10.1. The van der Waals surface area contributed by atoms with Crippen LogP contribution in [0.15, 0.2) is 41.2 Å². The molecule has 0 saturated carbocycles. The van der Waals surface area contributed by atoms with E-state index in [1.165, 1.54) is 5.56 Å². The highest BCUT2D eigenvalue weighted by molar-refractivity contribution is 5.82. The first kappa shape index (κ1) is 26.0. The highest BCUT2D eigenvalue weighted by Crippen LogP contribution is 2.30. The van der Waals surface area contributed by atoms with Crippen LogP contribution in [0, 0.1) is 0 Å². The highest BCUT2D eigenvalue weighted by Gasteiger charge is 2.19. The van der Waals surface area contributed by atoms with E-state index in [1.807, 2.05) is 12.1 Å². The van der Waals surface area contributed by atoms with E-state index in [0.717, 1.165) is 24.7 Å². The van der Waals surface area contributed by atoms with Crippen molar-refractivity contribution < 1.29 is 18.9 Å². The van der Waals surface area contributed by atoms with Crippen LogP contribution in [-0.4, -0.2) is 61.6 Å². The normalized spacial score (nSPS) is 14.7. The van der Waals surface area contributed by atoms with E-state index in [-0.39, 0.29) is 11.0 Å². The van der Waals surface area contributed by atoms with Gasteiger partial charge in [0.2, 0.25) is 0 Å². The number of hydrogen-bond acceptors (Lipinski definition) is 7. The van der Waals surface area contributed by atoms with Crippen LogP contribution < -0.4 is 19.8 Å². The van der Waals surface area contributed by atoms with Gasteiger partial charge in [-0.1, -0.05) is 32.9 Å². The lowest BCUT2D eigenvalue weighted by Crippen LogP contribution is -2.38. The Morgan fingerprint density at radius 2 is 1.67 bits per heavy atom. The van der Waals surface area contributed by atoms with Crippen molar-refractivity contribution in [3.63, 3.8) is 0 Å².